The molecule has 0 aliphatic carbocycles. The lowest BCUT2D eigenvalue weighted by atomic mass is 10.1. The summed E-state index contributed by atoms with van der Waals surface area (Å²) >= 11 is 0. The van der Waals surface area contributed by atoms with E-state index < -0.39 is 5.97 Å². The zero-order valence-corrected chi connectivity index (χ0v) is 13.7. The minimum absolute atomic E-state index is 0.125. The van der Waals surface area contributed by atoms with Crippen LogP contribution in [0.3, 0.4) is 0 Å². The predicted octanol–water partition coefficient (Wildman–Crippen LogP) is 3.07. The van der Waals surface area contributed by atoms with Crippen LogP contribution < -0.4 is 14.2 Å². The number of fused-ring (bicyclic) bond motifs is 1. The highest BCUT2D eigenvalue weighted by Gasteiger charge is 2.12. The molecule has 1 N–H and O–H groups in total. The number of rotatable bonds is 6. The number of hydrogen-bond acceptors (Lipinski definition) is 6. The van der Waals surface area contributed by atoms with Gasteiger partial charge in [-0.1, -0.05) is 6.07 Å². The number of aliphatic carboxylic acids is 1. The molecule has 0 aliphatic rings. The van der Waals surface area contributed by atoms with Crippen LogP contribution in [0.25, 0.3) is 11.0 Å². The summed E-state index contributed by atoms with van der Waals surface area (Å²) in [7, 11) is 3.02. The monoisotopic (exact) mass is 340 g/mol. The normalized spacial score (nSPS) is 10.5. The van der Waals surface area contributed by atoms with Crippen LogP contribution in [0.5, 0.6) is 23.1 Å². The van der Waals surface area contributed by atoms with Gasteiger partial charge in [-0.05, 0) is 12.1 Å². The van der Waals surface area contributed by atoms with Gasteiger partial charge in [-0.3, -0.25) is 9.78 Å². The fraction of sp³-hybridized carbons (Fsp3) is 0.167. The molecule has 3 rings (SSSR count). The first-order chi connectivity index (χ1) is 12.1. The maximum Gasteiger partial charge on any atom is 0.307 e. The molecule has 0 unspecified atom stereocenters. The summed E-state index contributed by atoms with van der Waals surface area (Å²) in [6.07, 6.45) is 1.50. The highest BCUT2D eigenvalue weighted by molar-refractivity contribution is 5.81. The first-order valence-electron chi connectivity index (χ1n) is 7.47. The third-order valence-corrected chi connectivity index (χ3v) is 3.56. The van der Waals surface area contributed by atoms with Crippen molar-refractivity contribution in [3.05, 3.63) is 48.2 Å². The van der Waals surface area contributed by atoms with Gasteiger partial charge in [-0.2, -0.15) is 0 Å². The molecular weight excluding hydrogens is 324 g/mol. The first-order valence-corrected chi connectivity index (χ1v) is 7.47. The summed E-state index contributed by atoms with van der Waals surface area (Å²) in [5.41, 5.74) is 1.81. The maximum absolute atomic E-state index is 10.9. The van der Waals surface area contributed by atoms with Gasteiger partial charge in [0.15, 0.2) is 5.75 Å². The quantitative estimate of drug-likeness (QED) is 0.737. The smallest absolute Gasteiger partial charge is 0.307 e. The van der Waals surface area contributed by atoms with Gasteiger partial charge in [0.2, 0.25) is 5.88 Å². The van der Waals surface area contributed by atoms with Crippen molar-refractivity contribution in [3.8, 4) is 23.1 Å². The molecule has 0 aliphatic heterocycles. The molecular formula is C18H16N2O5. The van der Waals surface area contributed by atoms with Gasteiger partial charge in [0.1, 0.15) is 17.0 Å². The van der Waals surface area contributed by atoms with E-state index in [1.54, 1.807) is 42.6 Å². The topological polar surface area (TPSA) is 90.8 Å². The van der Waals surface area contributed by atoms with Crippen molar-refractivity contribution in [3.63, 3.8) is 0 Å². The average molecular weight is 340 g/mol. The largest absolute Gasteiger partial charge is 0.496 e. The number of ether oxygens (including phenoxy) is 3. The van der Waals surface area contributed by atoms with E-state index in [1.807, 2.05) is 0 Å². The Kier molecular flexibility index (Phi) is 4.65. The lowest BCUT2D eigenvalue weighted by molar-refractivity contribution is -0.136. The van der Waals surface area contributed by atoms with Crippen LogP contribution in [-0.4, -0.2) is 35.3 Å². The summed E-state index contributed by atoms with van der Waals surface area (Å²) in [5, 5.41) is 8.95. The maximum atomic E-state index is 10.9. The Bertz CT molecular complexity index is 926. The number of carbonyl (C=O) groups is 1. The third kappa shape index (κ3) is 3.60. The lowest BCUT2D eigenvalue weighted by Gasteiger charge is -2.12. The summed E-state index contributed by atoms with van der Waals surface area (Å²) in [5.74, 6) is 0.993. The Morgan fingerprint density at radius 3 is 2.64 bits per heavy atom. The van der Waals surface area contributed by atoms with E-state index in [0.717, 1.165) is 0 Å². The van der Waals surface area contributed by atoms with Crippen LogP contribution in [-0.2, 0) is 11.2 Å². The highest BCUT2D eigenvalue weighted by atomic mass is 16.5. The zero-order chi connectivity index (χ0) is 17.8. The van der Waals surface area contributed by atoms with Crippen molar-refractivity contribution in [2.75, 3.05) is 14.2 Å². The molecule has 7 heteroatoms. The molecule has 2 aromatic heterocycles. The number of benzene rings is 1. The van der Waals surface area contributed by atoms with Gasteiger partial charge in [-0.25, -0.2) is 4.98 Å². The molecule has 128 valence electrons. The van der Waals surface area contributed by atoms with Crippen LogP contribution in [0.2, 0.25) is 0 Å². The Labute approximate surface area is 143 Å². The molecule has 2 heterocycles. The minimum atomic E-state index is -0.927. The van der Waals surface area contributed by atoms with E-state index in [2.05, 4.69) is 9.97 Å². The van der Waals surface area contributed by atoms with E-state index in [0.29, 0.717) is 39.7 Å². The number of methoxy groups -OCH3 is 2. The molecule has 1 aromatic carbocycles. The van der Waals surface area contributed by atoms with Crippen molar-refractivity contribution in [1.82, 2.24) is 9.97 Å². The minimum Gasteiger partial charge on any atom is -0.496 e. The van der Waals surface area contributed by atoms with Crippen molar-refractivity contribution in [2.24, 2.45) is 0 Å². The van der Waals surface area contributed by atoms with E-state index >= 15 is 0 Å². The third-order valence-electron chi connectivity index (χ3n) is 3.56. The second-order valence-corrected chi connectivity index (χ2v) is 5.18. The van der Waals surface area contributed by atoms with Crippen LogP contribution in [0, 0.1) is 0 Å². The van der Waals surface area contributed by atoms with E-state index in [9.17, 15) is 4.79 Å². The van der Waals surface area contributed by atoms with Gasteiger partial charge in [0, 0.05) is 30.0 Å². The average Bonchev–Trinajstić information content (AvgIpc) is 2.62. The van der Waals surface area contributed by atoms with Gasteiger partial charge in [0.05, 0.1) is 26.2 Å². The zero-order valence-electron chi connectivity index (χ0n) is 13.7. The summed E-state index contributed by atoms with van der Waals surface area (Å²) in [4.78, 5) is 19.5. The van der Waals surface area contributed by atoms with Gasteiger partial charge < -0.3 is 19.3 Å². The van der Waals surface area contributed by atoms with Crippen LogP contribution in [0.15, 0.2) is 42.6 Å². The molecule has 25 heavy (non-hydrogen) atoms. The van der Waals surface area contributed by atoms with Gasteiger partial charge in [-0.15, -0.1) is 0 Å². The van der Waals surface area contributed by atoms with Crippen LogP contribution >= 0.6 is 0 Å². The van der Waals surface area contributed by atoms with Crippen molar-refractivity contribution < 1.29 is 24.1 Å². The second kappa shape index (κ2) is 7.04. The number of carboxylic acids is 1. The summed E-state index contributed by atoms with van der Waals surface area (Å²) < 4.78 is 16.3. The predicted molar refractivity (Wildman–Crippen MR) is 90.5 cm³/mol. The molecule has 0 fully saturated rings. The number of nitrogens with zero attached hydrogens (tertiary/aromatic N) is 2. The van der Waals surface area contributed by atoms with Crippen LogP contribution in [0.4, 0.5) is 0 Å². The Hall–Kier alpha value is -3.35. The van der Waals surface area contributed by atoms with E-state index in [1.165, 1.54) is 14.2 Å². The van der Waals surface area contributed by atoms with E-state index in [-0.39, 0.29) is 6.42 Å². The molecule has 7 nitrogen and oxygen atoms in total. The number of hydrogen-bond donors (Lipinski definition) is 1. The fourth-order valence-electron chi connectivity index (χ4n) is 2.40. The fourth-order valence-corrected chi connectivity index (χ4v) is 2.40. The molecule has 0 amide bonds. The number of aromatic nitrogens is 2. The van der Waals surface area contributed by atoms with Crippen molar-refractivity contribution in [2.45, 2.75) is 6.42 Å². The molecule has 0 spiro atoms. The number of pyridine rings is 2. The number of carboxylic acid groups (broad SMARTS) is 1. The molecule has 0 bridgehead atoms. The Morgan fingerprint density at radius 1 is 1.08 bits per heavy atom. The molecule has 0 atom stereocenters. The first kappa shape index (κ1) is 16.5. The SMILES string of the molecule is COc1ccc2nccc(Oc3ccc(CC(=O)O)c(OC)c3)c2n1. The summed E-state index contributed by atoms with van der Waals surface area (Å²) in [6.45, 7) is 0. The molecule has 3 aromatic rings. The summed E-state index contributed by atoms with van der Waals surface area (Å²) in [6, 6.07) is 10.2. The van der Waals surface area contributed by atoms with Gasteiger partial charge in [0.25, 0.3) is 0 Å². The molecule has 0 radical (unpaired) electrons. The Balaban J connectivity index is 1.97. The van der Waals surface area contributed by atoms with Crippen molar-refractivity contribution in [1.29, 1.82) is 0 Å². The van der Waals surface area contributed by atoms with E-state index in [4.69, 9.17) is 19.3 Å². The van der Waals surface area contributed by atoms with Gasteiger partial charge >= 0.3 is 5.97 Å². The standard InChI is InChI=1S/C18H16N2O5/c1-23-15-10-12(4-3-11(15)9-17(21)22)25-14-7-8-19-13-5-6-16(24-2)20-18(13)14/h3-8,10H,9H2,1-2H3,(H,21,22). The molecule has 0 saturated heterocycles. The van der Waals surface area contributed by atoms with Crippen LogP contribution in [0.1, 0.15) is 5.56 Å². The van der Waals surface area contributed by atoms with Crippen molar-refractivity contribution >= 4 is 17.0 Å². The Morgan fingerprint density at radius 2 is 1.92 bits per heavy atom. The molecule has 0 saturated carbocycles. The highest BCUT2D eigenvalue weighted by Crippen LogP contribution is 2.32. The second-order valence-electron chi connectivity index (χ2n) is 5.18. The lowest BCUT2D eigenvalue weighted by Crippen LogP contribution is -2.02.